The minimum Gasteiger partial charge on any atom is -0.370 e. The number of halogens is 2. The topological polar surface area (TPSA) is 9.23 Å². The summed E-state index contributed by atoms with van der Waals surface area (Å²) in [5.74, 6) is 0.577. The van der Waals surface area contributed by atoms with Crippen LogP contribution >= 0.6 is 27.5 Å². The van der Waals surface area contributed by atoms with Gasteiger partial charge in [-0.05, 0) is 30.5 Å². The van der Waals surface area contributed by atoms with Crippen LogP contribution in [0.5, 0.6) is 0 Å². The summed E-state index contributed by atoms with van der Waals surface area (Å²) in [7, 11) is 0. The van der Waals surface area contributed by atoms with Gasteiger partial charge in [0, 0.05) is 16.3 Å². The molecule has 1 aliphatic heterocycles. The van der Waals surface area contributed by atoms with Crippen molar-refractivity contribution in [2.75, 3.05) is 5.33 Å². The van der Waals surface area contributed by atoms with Crippen LogP contribution < -0.4 is 0 Å². The van der Waals surface area contributed by atoms with E-state index in [9.17, 15) is 0 Å². The number of hydrogen-bond donors (Lipinski definition) is 0. The van der Waals surface area contributed by atoms with Gasteiger partial charge in [-0.1, -0.05) is 53.0 Å². The molecular formula is C14H18BrClO. The highest BCUT2D eigenvalue weighted by molar-refractivity contribution is 9.09. The molecule has 0 amide bonds. The van der Waals surface area contributed by atoms with Gasteiger partial charge in [-0.2, -0.15) is 0 Å². The van der Waals surface area contributed by atoms with Crippen molar-refractivity contribution >= 4 is 27.5 Å². The summed E-state index contributed by atoms with van der Waals surface area (Å²) in [5.41, 5.74) is 1.25. The third kappa shape index (κ3) is 3.24. The summed E-state index contributed by atoms with van der Waals surface area (Å²) in [4.78, 5) is 0. The van der Waals surface area contributed by atoms with Gasteiger partial charge in [-0.15, -0.1) is 0 Å². The number of benzene rings is 1. The second kappa shape index (κ2) is 6.21. The summed E-state index contributed by atoms with van der Waals surface area (Å²) in [6.45, 7) is 2.21. The molecule has 0 spiro atoms. The van der Waals surface area contributed by atoms with Gasteiger partial charge in [-0.25, -0.2) is 0 Å². The Morgan fingerprint density at radius 1 is 1.35 bits per heavy atom. The fourth-order valence-electron chi connectivity index (χ4n) is 2.49. The first kappa shape index (κ1) is 13.4. The predicted molar refractivity (Wildman–Crippen MR) is 75.9 cm³/mol. The second-order valence-corrected chi connectivity index (χ2v) is 5.75. The van der Waals surface area contributed by atoms with E-state index in [-0.39, 0.29) is 6.10 Å². The average molecular weight is 318 g/mol. The zero-order chi connectivity index (χ0) is 12.3. The molecule has 0 aromatic heterocycles. The fraction of sp³-hybridized carbons (Fsp3) is 0.571. The van der Waals surface area contributed by atoms with Crippen LogP contribution in [0, 0.1) is 5.92 Å². The van der Waals surface area contributed by atoms with Crippen molar-refractivity contribution in [1.29, 1.82) is 0 Å². The SMILES string of the molecule is CCCC1CC(CBr)C(c2ccc(Cl)cc2)O1. The van der Waals surface area contributed by atoms with Gasteiger partial charge >= 0.3 is 0 Å². The second-order valence-electron chi connectivity index (χ2n) is 4.67. The molecule has 2 rings (SSSR count). The molecule has 1 nitrogen and oxygen atoms in total. The highest BCUT2D eigenvalue weighted by atomic mass is 79.9. The van der Waals surface area contributed by atoms with E-state index in [2.05, 4.69) is 35.0 Å². The minimum atomic E-state index is 0.225. The van der Waals surface area contributed by atoms with Crippen LogP contribution in [0.1, 0.15) is 37.9 Å². The molecule has 3 unspecified atom stereocenters. The summed E-state index contributed by atoms with van der Waals surface area (Å²) >= 11 is 9.52. The molecule has 0 bridgehead atoms. The van der Waals surface area contributed by atoms with Crippen LogP contribution in [0.4, 0.5) is 0 Å². The normalized spacial score (nSPS) is 28.5. The van der Waals surface area contributed by atoms with Crippen molar-refractivity contribution in [2.45, 2.75) is 38.4 Å². The molecule has 0 N–H and O–H groups in total. The van der Waals surface area contributed by atoms with Crippen LogP contribution in [-0.4, -0.2) is 11.4 Å². The molecule has 1 fully saturated rings. The molecule has 17 heavy (non-hydrogen) atoms. The number of rotatable bonds is 4. The van der Waals surface area contributed by atoms with E-state index < -0.39 is 0 Å². The van der Waals surface area contributed by atoms with Crippen molar-refractivity contribution in [3.05, 3.63) is 34.9 Å². The Kier molecular flexibility index (Phi) is 4.89. The Morgan fingerprint density at radius 2 is 2.06 bits per heavy atom. The lowest BCUT2D eigenvalue weighted by molar-refractivity contribution is 0.0315. The zero-order valence-corrected chi connectivity index (χ0v) is 12.4. The molecule has 1 aromatic carbocycles. The highest BCUT2D eigenvalue weighted by Gasteiger charge is 2.34. The van der Waals surface area contributed by atoms with Gasteiger partial charge < -0.3 is 4.74 Å². The molecule has 0 saturated carbocycles. The van der Waals surface area contributed by atoms with Crippen molar-refractivity contribution in [3.63, 3.8) is 0 Å². The fourth-order valence-corrected chi connectivity index (χ4v) is 3.22. The maximum atomic E-state index is 6.16. The monoisotopic (exact) mass is 316 g/mol. The van der Waals surface area contributed by atoms with Crippen molar-refractivity contribution < 1.29 is 4.74 Å². The van der Waals surface area contributed by atoms with Crippen LogP contribution in [0.25, 0.3) is 0 Å². The van der Waals surface area contributed by atoms with E-state index >= 15 is 0 Å². The van der Waals surface area contributed by atoms with Gasteiger partial charge in [0.2, 0.25) is 0 Å². The maximum absolute atomic E-state index is 6.16. The van der Waals surface area contributed by atoms with Crippen molar-refractivity contribution in [1.82, 2.24) is 0 Å². The molecule has 1 aromatic rings. The molecule has 3 atom stereocenters. The molecule has 3 heteroatoms. The van der Waals surface area contributed by atoms with Gasteiger partial charge in [-0.3, -0.25) is 0 Å². The maximum Gasteiger partial charge on any atom is 0.0865 e. The van der Waals surface area contributed by atoms with Crippen molar-refractivity contribution in [3.8, 4) is 0 Å². The number of hydrogen-bond acceptors (Lipinski definition) is 1. The first-order chi connectivity index (χ1) is 8.24. The van der Waals surface area contributed by atoms with Gasteiger partial charge in [0.05, 0.1) is 12.2 Å². The lowest BCUT2D eigenvalue weighted by Crippen LogP contribution is -2.08. The predicted octanol–water partition coefficient (Wildman–Crippen LogP) is 4.98. The third-order valence-electron chi connectivity index (χ3n) is 3.34. The molecule has 0 radical (unpaired) electrons. The lowest BCUT2D eigenvalue weighted by Gasteiger charge is -2.17. The first-order valence-corrected chi connectivity index (χ1v) is 7.71. The Morgan fingerprint density at radius 3 is 2.65 bits per heavy atom. The summed E-state index contributed by atoms with van der Waals surface area (Å²) in [5, 5.41) is 1.78. The summed E-state index contributed by atoms with van der Waals surface area (Å²) in [6, 6.07) is 8.05. The van der Waals surface area contributed by atoms with Crippen LogP contribution in [0.15, 0.2) is 24.3 Å². The number of alkyl halides is 1. The first-order valence-electron chi connectivity index (χ1n) is 6.21. The van der Waals surface area contributed by atoms with E-state index in [1.807, 2.05) is 12.1 Å². The molecule has 0 aliphatic carbocycles. The molecule has 1 aliphatic rings. The van der Waals surface area contributed by atoms with Crippen LogP contribution in [-0.2, 0) is 4.74 Å². The summed E-state index contributed by atoms with van der Waals surface area (Å²) < 4.78 is 6.16. The molecule has 1 saturated heterocycles. The van der Waals surface area contributed by atoms with Gasteiger partial charge in [0.25, 0.3) is 0 Å². The smallest absolute Gasteiger partial charge is 0.0865 e. The van der Waals surface area contributed by atoms with Gasteiger partial charge in [0.15, 0.2) is 0 Å². The summed E-state index contributed by atoms with van der Waals surface area (Å²) in [6.07, 6.45) is 4.15. The highest BCUT2D eigenvalue weighted by Crippen LogP contribution is 2.40. The van der Waals surface area contributed by atoms with E-state index in [4.69, 9.17) is 16.3 Å². The lowest BCUT2D eigenvalue weighted by atomic mass is 9.95. The Balaban J connectivity index is 2.11. The largest absolute Gasteiger partial charge is 0.370 e. The Bertz CT molecular complexity index is 352. The van der Waals surface area contributed by atoms with Crippen LogP contribution in [0.3, 0.4) is 0 Å². The van der Waals surface area contributed by atoms with E-state index in [0.29, 0.717) is 12.0 Å². The van der Waals surface area contributed by atoms with E-state index in [1.54, 1.807) is 0 Å². The molecule has 94 valence electrons. The van der Waals surface area contributed by atoms with Crippen LogP contribution in [0.2, 0.25) is 5.02 Å². The average Bonchev–Trinajstić information content (AvgIpc) is 2.74. The van der Waals surface area contributed by atoms with E-state index in [0.717, 1.165) is 23.2 Å². The zero-order valence-electron chi connectivity index (χ0n) is 10.0. The minimum absolute atomic E-state index is 0.225. The number of ether oxygens (including phenoxy) is 1. The quantitative estimate of drug-likeness (QED) is 0.712. The third-order valence-corrected chi connectivity index (χ3v) is 4.42. The van der Waals surface area contributed by atoms with E-state index in [1.165, 1.54) is 12.0 Å². The Labute approximate surface area is 117 Å². The Hall–Kier alpha value is -0.0500. The van der Waals surface area contributed by atoms with Gasteiger partial charge in [0.1, 0.15) is 0 Å². The molecular weight excluding hydrogens is 300 g/mol. The molecule has 1 heterocycles. The van der Waals surface area contributed by atoms with Crippen molar-refractivity contribution in [2.24, 2.45) is 5.92 Å². The standard InChI is InChI=1S/C14H18BrClO/c1-2-3-13-8-11(9-15)14(17-13)10-4-6-12(16)7-5-10/h4-7,11,13-14H,2-3,8-9H2,1H3.